The fourth-order valence-corrected chi connectivity index (χ4v) is 2.74. The van der Waals surface area contributed by atoms with Crippen LogP contribution in [-0.4, -0.2) is 25.2 Å². The van der Waals surface area contributed by atoms with Gasteiger partial charge in [-0.1, -0.05) is 19.1 Å². The van der Waals surface area contributed by atoms with Crippen molar-refractivity contribution in [3.05, 3.63) is 60.3 Å². The van der Waals surface area contributed by atoms with Crippen LogP contribution in [0.25, 0.3) is 11.3 Å². The number of aromatic nitrogens is 4. The molecule has 1 N–H and O–H groups in total. The van der Waals surface area contributed by atoms with E-state index in [2.05, 4.69) is 15.4 Å². The predicted octanol–water partition coefficient (Wildman–Crippen LogP) is 2.70. The maximum atomic E-state index is 12.6. The first-order valence-corrected chi connectivity index (χ1v) is 7.94. The highest BCUT2D eigenvalue weighted by Crippen LogP contribution is 2.21. The number of carbonyl (C=O) groups is 1. The number of hydrogen-bond acceptors (Lipinski definition) is 3. The largest absolute Gasteiger partial charge is 0.345 e. The molecule has 24 heavy (non-hydrogen) atoms. The highest BCUT2D eigenvalue weighted by Gasteiger charge is 2.16. The van der Waals surface area contributed by atoms with E-state index in [1.165, 1.54) is 0 Å². The Kier molecular flexibility index (Phi) is 4.46. The second-order valence-corrected chi connectivity index (χ2v) is 5.85. The number of nitrogens with zero attached hydrogens (tertiary/aromatic N) is 4. The Morgan fingerprint density at radius 1 is 1.29 bits per heavy atom. The van der Waals surface area contributed by atoms with Crippen molar-refractivity contribution in [3.63, 3.8) is 0 Å². The molecule has 0 aliphatic rings. The quantitative estimate of drug-likeness (QED) is 0.785. The normalized spacial score (nSPS) is 12.1. The number of nitrogens with one attached hydrogen (secondary N) is 1. The summed E-state index contributed by atoms with van der Waals surface area (Å²) in [6.07, 6.45) is 8.07. The molecule has 0 radical (unpaired) electrons. The Balaban J connectivity index is 1.81. The monoisotopic (exact) mass is 323 g/mol. The molecule has 0 spiro atoms. The minimum absolute atomic E-state index is 0.0495. The van der Waals surface area contributed by atoms with E-state index in [0.717, 1.165) is 23.2 Å². The highest BCUT2D eigenvalue weighted by atomic mass is 16.1. The molecule has 1 amide bonds. The summed E-state index contributed by atoms with van der Waals surface area (Å²) in [7, 11) is 3.81. The topological polar surface area (TPSA) is 64.7 Å². The highest BCUT2D eigenvalue weighted by molar-refractivity contribution is 5.95. The molecule has 1 aromatic carbocycles. The minimum Gasteiger partial charge on any atom is -0.345 e. The molecule has 6 heteroatoms. The van der Waals surface area contributed by atoms with Crippen molar-refractivity contribution in [1.82, 2.24) is 24.6 Å². The summed E-state index contributed by atoms with van der Waals surface area (Å²) in [5.74, 6) is -0.0882. The number of amides is 1. The Hall–Kier alpha value is -2.89. The van der Waals surface area contributed by atoms with Crippen LogP contribution in [0.1, 0.15) is 35.3 Å². The van der Waals surface area contributed by atoms with Gasteiger partial charge in [0, 0.05) is 37.0 Å². The van der Waals surface area contributed by atoms with Crippen molar-refractivity contribution in [2.75, 3.05) is 0 Å². The lowest BCUT2D eigenvalue weighted by atomic mass is 10.1. The molecule has 2 heterocycles. The van der Waals surface area contributed by atoms with Crippen LogP contribution in [0.4, 0.5) is 0 Å². The fourth-order valence-electron chi connectivity index (χ4n) is 2.74. The number of carbonyl (C=O) groups excluding carboxylic acids is 1. The first kappa shape index (κ1) is 16.0. The van der Waals surface area contributed by atoms with E-state index >= 15 is 0 Å². The van der Waals surface area contributed by atoms with Crippen LogP contribution in [0.5, 0.6) is 0 Å². The lowest BCUT2D eigenvalue weighted by Gasteiger charge is -2.16. The molecule has 0 aliphatic heterocycles. The van der Waals surface area contributed by atoms with Crippen molar-refractivity contribution < 1.29 is 4.79 Å². The first-order valence-electron chi connectivity index (χ1n) is 7.94. The van der Waals surface area contributed by atoms with Gasteiger partial charge in [-0.2, -0.15) is 5.10 Å². The third-order valence-electron chi connectivity index (χ3n) is 4.08. The maximum Gasteiger partial charge on any atom is 0.251 e. The molecule has 0 unspecified atom stereocenters. The van der Waals surface area contributed by atoms with Gasteiger partial charge in [-0.3, -0.25) is 9.48 Å². The van der Waals surface area contributed by atoms with Gasteiger partial charge in [0.1, 0.15) is 0 Å². The van der Waals surface area contributed by atoms with E-state index in [1.807, 2.05) is 56.0 Å². The molecule has 0 saturated carbocycles. The van der Waals surface area contributed by atoms with Crippen LogP contribution in [0.3, 0.4) is 0 Å². The Labute approximate surface area is 141 Å². The van der Waals surface area contributed by atoms with Crippen LogP contribution in [0.15, 0.2) is 49.2 Å². The summed E-state index contributed by atoms with van der Waals surface area (Å²) < 4.78 is 3.68. The van der Waals surface area contributed by atoms with Crippen LogP contribution < -0.4 is 5.32 Å². The zero-order valence-corrected chi connectivity index (χ0v) is 14.1. The Morgan fingerprint density at radius 2 is 2.12 bits per heavy atom. The van der Waals surface area contributed by atoms with E-state index < -0.39 is 0 Å². The van der Waals surface area contributed by atoms with E-state index in [-0.39, 0.29) is 11.9 Å². The van der Waals surface area contributed by atoms with Gasteiger partial charge in [-0.25, -0.2) is 4.98 Å². The van der Waals surface area contributed by atoms with E-state index in [4.69, 9.17) is 0 Å². The summed E-state index contributed by atoms with van der Waals surface area (Å²) in [6.45, 7) is 2.05. The molecule has 1 atom stereocenters. The van der Waals surface area contributed by atoms with Crippen LogP contribution in [-0.2, 0) is 14.1 Å². The van der Waals surface area contributed by atoms with Crippen LogP contribution in [0.2, 0.25) is 0 Å². The zero-order valence-electron chi connectivity index (χ0n) is 14.1. The molecule has 2 aromatic heterocycles. The standard InChI is InChI=1S/C18H21N5O/c1-4-16(15-9-20-23(3)11-15)21-18(24)14-7-5-6-13(8-14)17-10-19-12-22(17)2/h5-12,16H,4H2,1-3H3,(H,21,24)/t16-/m1/s1. The van der Waals surface area contributed by atoms with Crippen LogP contribution >= 0.6 is 0 Å². The third-order valence-corrected chi connectivity index (χ3v) is 4.08. The number of aryl methyl sites for hydroxylation is 2. The maximum absolute atomic E-state index is 12.6. The van der Waals surface area contributed by atoms with Gasteiger partial charge >= 0.3 is 0 Å². The van der Waals surface area contributed by atoms with E-state index in [0.29, 0.717) is 5.56 Å². The number of benzene rings is 1. The number of rotatable bonds is 5. The second kappa shape index (κ2) is 6.70. The molecule has 0 saturated heterocycles. The Bertz CT molecular complexity index is 848. The molecule has 3 aromatic rings. The van der Waals surface area contributed by atoms with Crippen LogP contribution in [0, 0.1) is 0 Å². The molecular formula is C18H21N5O. The summed E-state index contributed by atoms with van der Waals surface area (Å²) in [4.78, 5) is 16.8. The smallest absolute Gasteiger partial charge is 0.251 e. The van der Waals surface area contributed by atoms with Crippen molar-refractivity contribution >= 4 is 5.91 Å². The van der Waals surface area contributed by atoms with Crippen molar-refractivity contribution in [1.29, 1.82) is 0 Å². The van der Waals surface area contributed by atoms with Gasteiger partial charge in [0.2, 0.25) is 0 Å². The summed E-state index contributed by atoms with van der Waals surface area (Å²) in [5.41, 5.74) is 3.59. The molecule has 0 aliphatic carbocycles. The van der Waals surface area contributed by atoms with Gasteiger partial charge < -0.3 is 9.88 Å². The van der Waals surface area contributed by atoms with Crippen molar-refractivity contribution in [3.8, 4) is 11.3 Å². The fraction of sp³-hybridized carbons (Fsp3) is 0.278. The number of imidazole rings is 1. The van der Waals surface area contributed by atoms with Gasteiger partial charge in [0.25, 0.3) is 5.91 Å². The molecule has 0 fully saturated rings. The van der Waals surface area contributed by atoms with E-state index in [1.54, 1.807) is 23.4 Å². The molecule has 6 nitrogen and oxygen atoms in total. The Morgan fingerprint density at radius 3 is 2.75 bits per heavy atom. The van der Waals surface area contributed by atoms with Gasteiger partial charge in [-0.15, -0.1) is 0 Å². The lowest BCUT2D eigenvalue weighted by molar-refractivity contribution is 0.0935. The van der Waals surface area contributed by atoms with E-state index in [9.17, 15) is 4.79 Å². The summed E-state index contributed by atoms with van der Waals surface area (Å²) >= 11 is 0. The second-order valence-electron chi connectivity index (χ2n) is 5.85. The molecule has 0 bridgehead atoms. The third kappa shape index (κ3) is 3.22. The zero-order chi connectivity index (χ0) is 17.1. The molecule has 124 valence electrons. The summed E-state index contributed by atoms with van der Waals surface area (Å²) in [5, 5.41) is 7.26. The predicted molar refractivity (Wildman–Crippen MR) is 92.4 cm³/mol. The van der Waals surface area contributed by atoms with Gasteiger partial charge in [0.15, 0.2) is 0 Å². The van der Waals surface area contributed by atoms with Gasteiger partial charge in [-0.05, 0) is 18.6 Å². The average molecular weight is 323 g/mol. The number of hydrogen-bond donors (Lipinski definition) is 1. The first-order chi connectivity index (χ1) is 11.6. The van der Waals surface area contributed by atoms with Gasteiger partial charge in [0.05, 0.1) is 30.5 Å². The average Bonchev–Trinajstić information content (AvgIpc) is 3.21. The molecular weight excluding hydrogens is 302 g/mol. The summed E-state index contributed by atoms with van der Waals surface area (Å²) in [6, 6.07) is 7.54. The van der Waals surface area contributed by atoms with Crippen molar-refractivity contribution in [2.24, 2.45) is 14.1 Å². The van der Waals surface area contributed by atoms with Crippen molar-refractivity contribution in [2.45, 2.75) is 19.4 Å². The molecule has 3 rings (SSSR count). The minimum atomic E-state index is -0.0882. The SMILES string of the molecule is CC[C@@H](NC(=O)c1cccc(-c2cncn2C)c1)c1cnn(C)c1. The lowest BCUT2D eigenvalue weighted by Crippen LogP contribution is -2.28.